The number of nitrogens with one attached hydrogen (secondary N) is 3. The van der Waals surface area contributed by atoms with Crippen LogP contribution < -0.4 is 21.1 Å². The van der Waals surface area contributed by atoms with Gasteiger partial charge in [-0.1, -0.05) is 30.3 Å². The first-order chi connectivity index (χ1) is 24.5. The summed E-state index contributed by atoms with van der Waals surface area (Å²) in [5.74, 6) is -0.0579. The average Bonchev–Trinajstić information content (AvgIpc) is 3.95. The van der Waals surface area contributed by atoms with Crippen LogP contribution >= 0.6 is 11.3 Å². The molecule has 13 heteroatoms. The predicted molar refractivity (Wildman–Crippen MR) is 187 cm³/mol. The highest BCUT2D eigenvalue weighted by Gasteiger charge is 2.34. The smallest absolute Gasteiger partial charge is 0.434 e. The molecule has 0 aliphatic carbocycles. The van der Waals surface area contributed by atoms with E-state index >= 15 is 0 Å². The number of halogens is 1. The van der Waals surface area contributed by atoms with E-state index in [4.69, 9.17) is 23.9 Å². The molecule has 0 saturated carbocycles. The van der Waals surface area contributed by atoms with Crippen LogP contribution in [-0.2, 0) is 17.6 Å². The topological polar surface area (TPSA) is 144 Å². The number of H-pyrrole nitrogens is 1. The fourth-order valence-corrected chi connectivity index (χ4v) is 7.95. The molecule has 6 aromatic rings. The SMILES string of the molecule is CCOC(=O)c1c([C@@H]2CCCN2)nc(CCc2ccc(F)cc2)c(-c2n[nH]c(=O)o2)c1-c1cc2ccnc(N[C@@H]3COc4ccccc43)c2s1. The first-order valence-electron chi connectivity index (χ1n) is 16.6. The Hall–Kier alpha value is -5.40. The lowest BCUT2D eigenvalue weighted by atomic mass is 9.91. The van der Waals surface area contributed by atoms with Crippen molar-refractivity contribution in [1.29, 1.82) is 0 Å². The molecule has 0 radical (unpaired) electrons. The van der Waals surface area contributed by atoms with Gasteiger partial charge >= 0.3 is 11.7 Å². The number of hydrogen-bond donors (Lipinski definition) is 3. The summed E-state index contributed by atoms with van der Waals surface area (Å²) in [6, 6.07) is 17.9. The van der Waals surface area contributed by atoms with Crippen LogP contribution in [0.15, 0.2) is 76.1 Å². The van der Waals surface area contributed by atoms with Gasteiger partial charge in [0.2, 0.25) is 0 Å². The minimum Gasteiger partial charge on any atom is -0.491 e. The van der Waals surface area contributed by atoms with Gasteiger partial charge in [-0.15, -0.1) is 16.4 Å². The van der Waals surface area contributed by atoms with Gasteiger partial charge < -0.3 is 24.5 Å². The van der Waals surface area contributed by atoms with E-state index in [-0.39, 0.29) is 30.4 Å². The number of rotatable bonds is 10. The highest BCUT2D eigenvalue weighted by molar-refractivity contribution is 7.23. The van der Waals surface area contributed by atoms with Gasteiger partial charge in [0, 0.05) is 22.2 Å². The molecule has 0 amide bonds. The quantitative estimate of drug-likeness (QED) is 0.132. The Kier molecular flexibility index (Phi) is 8.59. The standard InChI is InChI=1S/C37H33FN6O5S/c1-2-47-36(45)31-30(28-18-21-15-17-40-34(33(21)50-28)42-26-19-48-27-8-4-3-6-23(26)27)29(35-43-44-37(46)49-35)24(41-32(31)25-7-5-16-39-25)14-11-20-9-12-22(38)13-10-20/h3-4,6,8-10,12-13,15,17-18,25-26,39H,2,5,7,11,14,16,19H2,1H3,(H,40,42)(H,44,46)/t25-,26+/m0/s1. The van der Waals surface area contributed by atoms with Gasteiger partial charge in [-0.2, -0.15) is 0 Å². The van der Waals surface area contributed by atoms with Crippen molar-refractivity contribution in [3.63, 3.8) is 0 Å². The number of thiophene rings is 1. The van der Waals surface area contributed by atoms with E-state index in [9.17, 15) is 14.0 Å². The number of hydrogen-bond acceptors (Lipinski definition) is 11. The summed E-state index contributed by atoms with van der Waals surface area (Å²) in [5.41, 5.74) is 4.35. The second-order valence-corrected chi connectivity index (χ2v) is 13.3. The van der Waals surface area contributed by atoms with Crippen molar-refractivity contribution in [2.24, 2.45) is 0 Å². The van der Waals surface area contributed by atoms with E-state index in [1.807, 2.05) is 36.4 Å². The molecule has 3 N–H and O–H groups in total. The molecule has 0 unspecified atom stereocenters. The van der Waals surface area contributed by atoms with Crippen LogP contribution in [-0.4, -0.2) is 45.9 Å². The van der Waals surface area contributed by atoms with Gasteiger partial charge in [-0.05, 0) is 80.4 Å². The van der Waals surface area contributed by atoms with Crippen LogP contribution in [0.4, 0.5) is 10.2 Å². The molecule has 2 aromatic carbocycles. The zero-order valence-corrected chi connectivity index (χ0v) is 27.9. The minimum atomic E-state index is -0.735. The van der Waals surface area contributed by atoms with Crippen LogP contribution in [0.3, 0.4) is 0 Å². The van der Waals surface area contributed by atoms with Crippen molar-refractivity contribution < 1.29 is 23.1 Å². The molecule has 11 nitrogen and oxygen atoms in total. The summed E-state index contributed by atoms with van der Waals surface area (Å²) >= 11 is 1.46. The molecule has 0 spiro atoms. The summed E-state index contributed by atoms with van der Waals surface area (Å²) in [7, 11) is 0. The summed E-state index contributed by atoms with van der Waals surface area (Å²) in [4.78, 5) is 37.1. The number of benzene rings is 2. The van der Waals surface area contributed by atoms with E-state index < -0.39 is 11.7 Å². The second-order valence-electron chi connectivity index (χ2n) is 12.2. The number of para-hydroxylation sites is 1. The van der Waals surface area contributed by atoms with Gasteiger partial charge in [0.25, 0.3) is 5.89 Å². The van der Waals surface area contributed by atoms with E-state index in [0.29, 0.717) is 53.3 Å². The van der Waals surface area contributed by atoms with Gasteiger partial charge in [-0.25, -0.2) is 24.1 Å². The number of aromatic nitrogens is 4. The maximum absolute atomic E-state index is 14.1. The number of esters is 1. The fourth-order valence-electron chi connectivity index (χ4n) is 6.78. The zero-order chi connectivity index (χ0) is 34.2. The third-order valence-corrected chi connectivity index (χ3v) is 10.3. The molecule has 2 aliphatic heterocycles. The molecule has 50 heavy (non-hydrogen) atoms. The van der Waals surface area contributed by atoms with E-state index in [0.717, 1.165) is 51.2 Å². The van der Waals surface area contributed by atoms with Crippen LogP contribution in [0.1, 0.15) is 64.7 Å². The Morgan fingerprint density at radius 3 is 2.76 bits per heavy atom. The summed E-state index contributed by atoms with van der Waals surface area (Å²) < 4.78 is 31.8. The number of pyridine rings is 2. The molecule has 8 rings (SSSR count). The van der Waals surface area contributed by atoms with Crippen molar-refractivity contribution in [2.45, 2.75) is 44.7 Å². The summed E-state index contributed by atoms with van der Waals surface area (Å²) in [5, 5.41) is 14.6. The Morgan fingerprint density at radius 1 is 1.12 bits per heavy atom. The van der Waals surface area contributed by atoms with Crippen molar-refractivity contribution >= 4 is 33.2 Å². The lowest BCUT2D eigenvalue weighted by Gasteiger charge is -2.22. The van der Waals surface area contributed by atoms with Crippen molar-refractivity contribution in [3.05, 3.63) is 111 Å². The van der Waals surface area contributed by atoms with E-state index in [1.165, 1.54) is 23.5 Å². The Balaban J connectivity index is 1.33. The molecular formula is C37H33FN6O5S. The number of fused-ring (bicyclic) bond motifs is 2. The molecular weight excluding hydrogens is 660 g/mol. The molecule has 254 valence electrons. The summed E-state index contributed by atoms with van der Waals surface area (Å²) in [6.07, 6.45) is 4.36. The van der Waals surface area contributed by atoms with Gasteiger partial charge in [0.1, 0.15) is 24.0 Å². The summed E-state index contributed by atoms with van der Waals surface area (Å²) in [6.45, 7) is 3.16. The third kappa shape index (κ3) is 6.03. The zero-order valence-electron chi connectivity index (χ0n) is 27.1. The van der Waals surface area contributed by atoms with Crippen molar-refractivity contribution in [2.75, 3.05) is 25.1 Å². The normalized spacial score (nSPS) is 16.8. The second kappa shape index (κ2) is 13.5. The predicted octanol–water partition coefficient (Wildman–Crippen LogP) is 6.77. The van der Waals surface area contributed by atoms with Crippen LogP contribution in [0.5, 0.6) is 5.75 Å². The molecule has 0 bridgehead atoms. The molecule has 1 fully saturated rings. The fraction of sp³-hybridized carbons (Fsp3) is 0.270. The maximum Gasteiger partial charge on any atom is 0.434 e. The van der Waals surface area contributed by atoms with Gasteiger partial charge in [0.05, 0.1) is 45.9 Å². The van der Waals surface area contributed by atoms with Crippen LogP contribution in [0, 0.1) is 5.82 Å². The number of ether oxygens (including phenoxy) is 2. The Bertz CT molecular complexity index is 2260. The molecule has 4 aromatic heterocycles. The van der Waals surface area contributed by atoms with Crippen molar-refractivity contribution in [1.82, 2.24) is 25.5 Å². The molecule has 2 aliphatic rings. The Labute approximate surface area is 289 Å². The average molecular weight is 693 g/mol. The largest absolute Gasteiger partial charge is 0.491 e. The van der Waals surface area contributed by atoms with E-state index in [2.05, 4.69) is 20.8 Å². The molecule has 6 heterocycles. The highest BCUT2D eigenvalue weighted by atomic mass is 32.1. The van der Waals surface area contributed by atoms with Crippen LogP contribution in [0.2, 0.25) is 0 Å². The highest BCUT2D eigenvalue weighted by Crippen LogP contribution is 2.46. The van der Waals surface area contributed by atoms with Gasteiger partial charge in [0.15, 0.2) is 0 Å². The monoisotopic (exact) mass is 692 g/mol. The molecule has 2 atom stereocenters. The number of carbonyl (C=O) groups excluding carboxylic acids is 1. The Morgan fingerprint density at radius 2 is 1.98 bits per heavy atom. The number of carbonyl (C=O) groups is 1. The number of aromatic amines is 1. The number of nitrogens with zero attached hydrogens (tertiary/aromatic N) is 3. The van der Waals surface area contributed by atoms with Gasteiger partial charge in [-0.3, -0.25) is 4.98 Å². The molecule has 1 saturated heterocycles. The third-order valence-electron chi connectivity index (χ3n) is 9.08. The van der Waals surface area contributed by atoms with Crippen molar-refractivity contribution in [3.8, 4) is 27.6 Å². The first kappa shape index (κ1) is 31.8. The van der Waals surface area contributed by atoms with E-state index in [1.54, 1.807) is 25.3 Å². The first-order valence-corrected chi connectivity index (χ1v) is 17.4. The lowest BCUT2D eigenvalue weighted by Crippen LogP contribution is -2.22. The minimum absolute atomic E-state index is 0.0109. The number of aryl methyl sites for hydroxylation is 2. The number of anilines is 1. The lowest BCUT2D eigenvalue weighted by molar-refractivity contribution is 0.0524. The maximum atomic E-state index is 14.1. The van der Waals surface area contributed by atoms with Crippen LogP contribution in [0.25, 0.3) is 32.0 Å².